The van der Waals surface area contributed by atoms with Gasteiger partial charge in [-0.2, -0.15) is 0 Å². The van der Waals surface area contributed by atoms with Crippen LogP contribution in [0.4, 0.5) is 8.78 Å². The van der Waals surface area contributed by atoms with Gasteiger partial charge in [0.05, 0.1) is 5.39 Å². The fourth-order valence-electron chi connectivity index (χ4n) is 2.28. The second kappa shape index (κ2) is 5.73. The van der Waals surface area contributed by atoms with E-state index in [1.165, 1.54) is 25.3 Å². The molecule has 0 atom stereocenters. The molecule has 0 N–H and O–H groups in total. The fourth-order valence-corrected chi connectivity index (χ4v) is 2.28. The molecule has 0 saturated heterocycles. The lowest BCUT2D eigenvalue weighted by atomic mass is 10.0. The van der Waals surface area contributed by atoms with Crippen molar-refractivity contribution in [1.82, 2.24) is 0 Å². The van der Waals surface area contributed by atoms with Crippen LogP contribution in [0, 0.1) is 0 Å². The largest absolute Gasteiger partial charge is 0.467 e. The van der Waals surface area contributed by atoms with Gasteiger partial charge in [-0.15, -0.1) is 0 Å². The molecular formula is C16H12F2O4. The Balaban J connectivity index is 2.21. The van der Waals surface area contributed by atoms with Crippen molar-refractivity contribution in [3.63, 3.8) is 0 Å². The van der Waals surface area contributed by atoms with E-state index in [-0.39, 0.29) is 17.7 Å². The van der Waals surface area contributed by atoms with E-state index in [1.807, 2.05) is 0 Å². The normalized spacial score (nSPS) is 11.5. The number of rotatable bonds is 4. The summed E-state index contributed by atoms with van der Waals surface area (Å²) in [6.07, 6.45) is -2.63. The van der Waals surface area contributed by atoms with Crippen molar-refractivity contribution >= 4 is 21.7 Å². The van der Waals surface area contributed by atoms with Gasteiger partial charge in [0.25, 0.3) is 6.43 Å². The zero-order valence-electron chi connectivity index (χ0n) is 11.6. The molecule has 0 amide bonds. The van der Waals surface area contributed by atoms with E-state index in [9.17, 15) is 13.6 Å². The summed E-state index contributed by atoms with van der Waals surface area (Å²) in [5.74, 6) is 0.487. The van der Waals surface area contributed by atoms with Crippen molar-refractivity contribution in [3.05, 3.63) is 52.4 Å². The molecule has 0 fully saturated rings. The number of benzene rings is 2. The molecule has 0 saturated carbocycles. The lowest BCUT2D eigenvalue weighted by Gasteiger charge is -2.07. The Hall–Kier alpha value is -2.47. The summed E-state index contributed by atoms with van der Waals surface area (Å²) in [4.78, 5) is 12.0. The Morgan fingerprint density at radius 1 is 1.09 bits per heavy atom. The maximum atomic E-state index is 12.8. The zero-order valence-corrected chi connectivity index (χ0v) is 11.6. The van der Waals surface area contributed by atoms with Crippen LogP contribution < -0.4 is 10.4 Å². The minimum absolute atomic E-state index is 0.0705. The molecule has 3 aromatic rings. The Kier molecular flexibility index (Phi) is 3.77. The highest BCUT2D eigenvalue weighted by atomic mass is 19.3. The molecule has 1 aromatic heterocycles. The predicted molar refractivity (Wildman–Crippen MR) is 77.5 cm³/mol. The molecule has 114 valence electrons. The lowest BCUT2D eigenvalue weighted by Crippen LogP contribution is -2.02. The molecule has 0 bridgehead atoms. The lowest BCUT2D eigenvalue weighted by molar-refractivity contribution is 0.0512. The van der Waals surface area contributed by atoms with Crippen LogP contribution in [0.5, 0.6) is 5.75 Å². The molecule has 0 radical (unpaired) electrons. The second-order valence-corrected chi connectivity index (χ2v) is 4.70. The third-order valence-corrected chi connectivity index (χ3v) is 3.30. The summed E-state index contributed by atoms with van der Waals surface area (Å²) < 4.78 is 40.8. The first-order chi connectivity index (χ1) is 10.6. The van der Waals surface area contributed by atoms with Gasteiger partial charge in [0.15, 0.2) is 6.79 Å². The van der Waals surface area contributed by atoms with Gasteiger partial charge >= 0.3 is 5.63 Å². The number of halogens is 2. The van der Waals surface area contributed by atoms with Crippen LogP contribution in [0.1, 0.15) is 12.0 Å². The quantitative estimate of drug-likeness (QED) is 0.417. The highest BCUT2D eigenvalue weighted by molar-refractivity contribution is 6.04. The van der Waals surface area contributed by atoms with Crippen molar-refractivity contribution in [3.8, 4) is 5.75 Å². The summed E-state index contributed by atoms with van der Waals surface area (Å²) in [6, 6.07) is 8.96. The first-order valence-corrected chi connectivity index (χ1v) is 6.50. The maximum Gasteiger partial charge on any atom is 0.344 e. The molecule has 22 heavy (non-hydrogen) atoms. The second-order valence-electron chi connectivity index (χ2n) is 4.70. The monoisotopic (exact) mass is 306 g/mol. The Morgan fingerprint density at radius 2 is 1.86 bits per heavy atom. The van der Waals surface area contributed by atoms with E-state index < -0.39 is 12.1 Å². The smallest absolute Gasteiger partial charge is 0.344 e. The number of hydrogen-bond acceptors (Lipinski definition) is 4. The van der Waals surface area contributed by atoms with Crippen LogP contribution in [0.2, 0.25) is 0 Å². The average Bonchev–Trinajstić information content (AvgIpc) is 2.52. The van der Waals surface area contributed by atoms with Gasteiger partial charge in [0.2, 0.25) is 0 Å². The van der Waals surface area contributed by atoms with Crippen LogP contribution in [-0.4, -0.2) is 13.9 Å². The molecule has 2 aromatic carbocycles. The van der Waals surface area contributed by atoms with Gasteiger partial charge in [0.1, 0.15) is 11.3 Å². The highest BCUT2D eigenvalue weighted by Crippen LogP contribution is 2.29. The van der Waals surface area contributed by atoms with Crippen LogP contribution in [0.3, 0.4) is 0 Å². The average molecular weight is 306 g/mol. The standard InChI is InChI=1S/C16H12F2O4/c1-20-8-21-10-3-5-12-11-4-2-9(15(17)18)6-13(11)16(19)22-14(12)7-10/h2-7,15H,8H2,1H3. The van der Waals surface area contributed by atoms with E-state index in [2.05, 4.69) is 0 Å². The van der Waals surface area contributed by atoms with E-state index in [4.69, 9.17) is 13.9 Å². The third-order valence-electron chi connectivity index (χ3n) is 3.30. The molecular weight excluding hydrogens is 294 g/mol. The van der Waals surface area contributed by atoms with E-state index in [0.717, 1.165) is 0 Å². The van der Waals surface area contributed by atoms with E-state index in [0.29, 0.717) is 22.1 Å². The summed E-state index contributed by atoms with van der Waals surface area (Å²) in [5.41, 5.74) is -0.538. The van der Waals surface area contributed by atoms with Crippen molar-refractivity contribution < 1.29 is 22.7 Å². The summed E-state index contributed by atoms with van der Waals surface area (Å²) >= 11 is 0. The fraction of sp³-hybridized carbons (Fsp3) is 0.188. The SMILES string of the molecule is COCOc1ccc2c(c1)oc(=O)c1cc(C(F)F)ccc12. The summed E-state index contributed by atoms with van der Waals surface area (Å²) in [5, 5.41) is 1.35. The van der Waals surface area contributed by atoms with Crippen molar-refractivity contribution in [1.29, 1.82) is 0 Å². The van der Waals surface area contributed by atoms with Crippen LogP contribution >= 0.6 is 0 Å². The van der Waals surface area contributed by atoms with Gasteiger partial charge < -0.3 is 13.9 Å². The van der Waals surface area contributed by atoms with Gasteiger partial charge in [-0.3, -0.25) is 0 Å². The topological polar surface area (TPSA) is 48.7 Å². The highest BCUT2D eigenvalue weighted by Gasteiger charge is 2.13. The van der Waals surface area contributed by atoms with Crippen molar-refractivity contribution in [2.45, 2.75) is 6.43 Å². The molecule has 0 aliphatic heterocycles. The molecule has 0 aliphatic rings. The van der Waals surface area contributed by atoms with Crippen LogP contribution in [-0.2, 0) is 4.74 Å². The third kappa shape index (κ3) is 2.53. The molecule has 3 rings (SSSR count). The maximum absolute atomic E-state index is 12.8. The summed E-state index contributed by atoms with van der Waals surface area (Å²) in [6.45, 7) is 0.0705. The summed E-state index contributed by atoms with van der Waals surface area (Å²) in [7, 11) is 1.50. The molecule has 6 heteroatoms. The van der Waals surface area contributed by atoms with Gasteiger partial charge in [0, 0.05) is 24.1 Å². The van der Waals surface area contributed by atoms with Gasteiger partial charge in [-0.25, -0.2) is 13.6 Å². The van der Waals surface area contributed by atoms with Crippen LogP contribution in [0.15, 0.2) is 45.6 Å². The molecule has 4 nitrogen and oxygen atoms in total. The number of alkyl halides is 2. The minimum Gasteiger partial charge on any atom is -0.467 e. The van der Waals surface area contributed by atoms with Gasteiger partial charge in [-0.1, -0.05) is 12.1 Å². The number of ether oxygens (including phenoxy) is 2. The van der Waals surface area contributed by atoms with E-state index >= 15 is 0 Å². The Bertz CT molecular complexity index is 886. The molecule has 0 aliphatic carbocycles. The zero-order chi connectivity index (χ0) is 15.7. The van der Waals surface area contributed by atoms with Crippen molar-refractivity contribution in [2.75, 3.05) is 13.9 Å². The molecule has 1 heterocycles. The first-order valence-electron chi connectivity index (χ1n) is 6.50. The van der Waals surface area contributed by atoms with Crippen LogP contribution in [0.25, 0.3) is 21.7 Å². The molecule has 0 unspecified atom stereocenters. The Morgan fingerprint density at radius 3 is 2.59 bits per heavy atom. The first kappa shape index (κ1) is 14.5. The molecule has 0 spiro atoms. The predicted octanol–water partition coefficient (Wildman–Crippen LogP) is 3.87. The minimum atomic E-state index is -2.63. The Labute approximate surface area is 123 Å². The number of fused-ring (bicyclic) bond motifs is 3. The van der Waals surface area contributed by atoms with Crippen molar-refractivity contribution in [2.24, 2.45) is 0 Å². The van der Waals surface area contributed by atoms with Gasteiger partial charge in [-0.05, 0) is 23.6 Å². The number of methoxy groups -OCH3 is 1. The van der Waals surface area contributed by atoms with E-state index in [1.54, 1.807) is 18.2 Å². The number of hydrogen-bond donors (Lipinski definition) is 0.